The Hall–Kier alpha value is -4.50. The zero-order chi connectivity index (χ0) is 27.5. The molecule has 0 atom stereocenters. The van der Waals surface area contributed by atoms with Crippen LogP contribution in [0.4, 0.5) is 29.0 Å². The Morgan fingerprint density at radius 3 is 2.46 bits per heavy atom. The molecule has 2 N–H and O–H groups in total. The maximum Gasteiger partial charge on any atom is 0.328 e. The molecule has 1 saturated heterocycles. The molecule has 3 heterocycles. The minimum atomic E-state index is -0.595. The predicted octanol–water partition coefficient (Wildman–Crippen LogP) is 2.28. The van der Waals surface area contributed by atoms with E-state index in [1.165, 1.54) is 28.3 Å². The van der Waals surface area contributed by atoms with Crippen LogP contribution >= 0.6 is 11.8 Å². The van der Waals surface area contributed by atoms with E-state index in [1.807, 2.05) is 35.2 Å². The van der Waals surface area contributed by atoms with E-state index < -0.39 is 10.8 Å². The standard InChI is InChI=1S/C24H25N9O5S/c1-30-18-12-16(17(33(36)37)13-19(18)31(2)24(30)35)26-20(34)14-39-23-28-21(25-15-6-4-3-5-7-15)27-22(29-23)32-8-10-38-11-9-32/h3-7,12-13H,8-11,14H2,1-2H3,(H,26,34)(H,25,27,28,29). The van der Waals surface area contributed by atoms with Gasteiger partial charge >= 0.3 is 5.69 Å². The van der Waals surface area contributed by atoms with Crippen molar-refractivity contribution in [1.82, 2.24) is 24.1 Å². The molecule has 0 aliphatic carbocycles. The number of rotatable bonds is 8. The van der Waals surface area contributed by atoms with Crippen molar-refractivity contribution in [3.05, 3.63) is 63.1 Å². The maximum atomic E-state index is 12.9. The average Bonchev–Trinajstić information content (AvgIpc) is 3.15. The highest BCUT2D eigenvalue weighted by atomic mass is 32.2. The fourth-order valence-electron chi connectivity index (χ4n) is 4.12. The van der Waals surface area contributed by atoms with E-state index in [4.69, 9.17) is 4.74 Å². The number of aromatic nitrogens is 5. The van der Waals surface area contributed by atoms with Crippen molar-refractivity contribution in [2.24, 2.45) is 14.1 Å². The number of aryl methyl sites for hydroxylation is 2. The van der Waals surface area contributed by atoms with Crippen LogP contribution in [-0.4, -0.2) is 67.0 Å². The second-order valence-corrected chi connectivity index (χ2v) is 9.63. The summed E-state index contributed by atoms with van der Waals surface area (Å²) >= 11 is 1.08. The Bertz CT molecular complexity index is 1600. The third-order valence-corrected chi connectivity index (χ3v) is 6.97. The van der Waals surface area contributed by atoms with Crippen LogP contribution < -0.4 is 21.2 Å². The number of thioether (sulfide) groups is 1. The zero-order valence-electron chi connectivity index (χ0n) is 21.2. The molecule has 2 aromatic heterocycles. The molecule has 1 aliphatic heterocycles. The van der Waals surface area contributed by atoms with Crippen molar-refractivity contribution >= 4 is 57.7 Å². The SMILES string of the molecule is Cn1c(=O)n(C)c2cc([N+](=O)[O-])c(NC(=O)CSc3nc(Nc4ccccc4)nc(N4CCOCC4)n3)cc21. The average molecular weight is 552 g/mol. The third-order valence-electron chi connectivity index (χ3n) is 6.12. The number of anilines is 4. The van der Waals surface area contributed by atoms with Crippen LogP contribution in [0.3, 0.4) is 0 Å². The molecule has 15 heteroatoms. The number of nitrogens with zero attached hydrogens (tertiary/aromatic N) is 7. The van der Waals surface area contributed by atoms with Crippen molar-refractivity contribution in [1.29, 1.82) is 0 Å². The summed E-state index contributed by atoms with van der Waals surface area (Å²) in [4.78, 5) is 51.8. The van der Waals surface area contributed by atoms with E-state index in [1.54, 1.807) is 7.05 Å². The number of nitro benzene ring substituents is 1. The van der Waals surface area contributed by atoms with Crippen LogP contribution in [0.15, 0.2) is 52.4 Å². The van der Waals surface area contributed by atoms with E-state index in [0.29, 0.717) is 54.4 Å². The highest BCUT2D eigenvalue weighted by Gasteiger charge is 2.22. The Morgan fingerprint density at radius 1 is 1.08 bits per heavy atom. The molecule has 0 unspecified atom stereocenters. The van der Waals surface area contributed by atoms with Crippen LogP contribution in [-0.2, 0) is 23.6 Å². The van der Waals surface area contributed by atoms with Gasteiger partial charge in [-0.3, -0.25) is 24.0 Å². The lowest BCUT2D eigenvalue weighted by Gasteiger charge is -2.27. The van der Waals surface area contributed by atoms with Gasteiger partial charge in [-0.1, -0.05) is 30.0 Å². The summed E-state index contributed by atoms with van der Waals surface area (Å²) in [6.45, 7) is 2.34. The first-order valence-electron chi connectivity index (χ1n) is 12.0. The van der Waals surface area contributed by atoms with Crippen molar-refractivity contribution in [2.45, 2.75) is 5.16 Å². The molecule has 4 aromatic rings. The van der Waals surface area contributed by atoms with E-state index >= 15 is 0 Å². The fourth-order valence-corrected chi connectivity index (χ4v) is 4.75. The summed E-state index contributed by atoms with van der Waals surface area (Å²) in [7, 11) is 3.09. The number of morpholine rings is 1. The normalized spacial score (nSPS) is 13.4. The van der Waals surface area contributed by atoms with Gasteiger partial charge in [-0.2, -0.15) is 15.0 Å². The Morgan fingerprint density at radius 2 is 1.77 bits per heavy atom. The molecular weight excluding hydrogens is 526 g/mol. The smallest absolute Gasteiger partial charge is 0.328 e. The lowest BCUT2D eigenvalue weighted by atomic mass is 10.2. The van der Waals surface area contributed by atoms with Gasteiger partial charge in [-0.05, 0) is 18.2 Å². The number of benzene rings is 2. The molecule has 1 aliphatic rings. The van der Waals surface area contributed by atoms with Crippen LogP contribution in [0.1, 0.15) is 0 Å². The minimum absolute atomic E-state index is 0.00427. The Kier molecular flexibility index (Phi) is 7.42. The lowest BCUT2D eigenvalue weighted by Crippen LogP contribution is -2.37. The van der Waals surface area contributed by atoms with E-state index in [0.717, 1.165) is 17.4 Å². The molecule has 0 saturated carbocycles. The first kappa shape index (κ1) is 26.1. The largest absolute Gasteiger partial charge is 0.378 e. The molecule has 0 radical (unpaired) electrons. The van der Waals surface area contributed by atoms with E-state index in [9.17, 15) is 19.7 Å². The number of hydrogen-bond donors (Lipinski definition) is 2. The van der Waals surface area contributed by atoms with Crippen molar-refractivity contribution < 1.29 is 14.5 Å². The number of carbonyl (C=O) groups is 1. The molecule has 202 valence electrons. The molecular formula is C24H25N9O5S. The van der Waals surface area contributed by atoms with Gasteiger partial charge in [-0.15, -0.1) is 0 Å². The highest BCUT2D eigenvalue weighted by Crippen LogP contribution is 2.30. The number of imidazole rings is 1. The molecule has 1 fully saturated rings. The highest BCUT2D eigenvalue weighted by molar-refractivity contribution is 7.99. The van der Waals surface area contributed by atoms with Gasteiger partial charge in [0.25, 0.3) is 5.69 Å². The van der Waals surface area contributed by atoms with Crippen LogP contribution in [0.2, 0.25) is 0 Å². The topological polar surface area (TPSA) is 162 Å². The molecule has 39 heavy (non-hydrogen) atoms. The van der Waals surface area contributed by atoms with E-state index in [2.05, 4.69) is 25.6 Å². The Labute approximate surface area is 226 Å². The number of fused-ring (bicyclic) bond motifs is 1. The summed E-state index contributed by atoms with van der Waals surface area (Å²) in [6, 6.07) is 12.1. The summed E-state index contributed by atoms with van der Waals surface area (Å²) in [5, 5.41) is 17.8. The van der Waals surface area contributed by atoms with E-state index in [-0.39, 0.29) is 22.8 Å². The maximum absolute atomic E-state index is 12.9. The summed E-state index contributed by atoms with van der Waals surface area (Å²) in [6.07, 6.45) is 0. The number of nitrogens with one attached hydrogen (secondary N) is 2. The number of amides is 1. The van der Waals surface area contributed by atoms with Gasteiger partial charge in [-0.25, -0.2) is 4.79 Å². The van der Waals surface area contributed by atoms with Gasteiger partial charge in [0.2, 0.25) is 17.8 Å². The third kappa shape index (κ3) is 5.68. The van der Waals surface area contributed by atoms with Crippen molar-refractivity contribution in [3.63, 3.8) is 0 Å². The number of ether oxygens (including phenoxy) is 1. The predicted molar refractivity (Wildman–Crippen MR) is 147 cm³/mol. The van der Waals surface area contributed by atoms with Gasteiger partial charge in [0.1, 0.15) is 5.69 Å². The van der Waals surface area contributed by atoms with Gasteiger partial charge in [0.15, 0.2) is 5.16 Å². The number of nitro groups is 1. The van der Waals surface area contributed by atoms with Crippen LogP contribution in [0.25, 0.3) is 11.0 Å². The van der Waals surface area contributed by atoms with Gasteiger partial charge < -0.3 is 20.3 Å². The molecule has 2 aromatic carbocycles. The molecule has 0 bridgehead atoms. The quantitative estimate of drug-likeness (QED) is 0.188. The second kappa shape index (κ2) is 11.1. The second-order valence-electron chi connectivity index (χ2n) is 8.68. The summed E-state index contributed by atoms with van der Waals surface area (Å²) in [5.74, 6) is 0.182. The van der Waals surface area contributed by atoms with Crippen LogP contribution in [0, 0.1) is 10.1 Å². The summed E-state index contributed by atoms with van der Waals surface area (Å²) < 4.78 is 8.11. The minimum Gasteiger partial charge on any atom is -0.378 e. The van der Waals surface area contributed by atoms with Crippen LogP contribution in [0.5, 0.6) is 0 Å². The zero-order valence-corrected chi connectivity index (χ0v) is 22.0. The van der Waals surface area contributed by atoms with Gasteiger partial charge in [0.05, 0.1) is 34.9 Å². The molecule has 5 rings (SSSR count). The first-order valence-corrected chi connectivity index (χ1v) is 13.0. The lowest BCUT2D eigenvalue weighted by molar-refractivity contribution is -0.383. The molecule has 1 amide bonds. The fraction of sp³-hybridized carbons (Fsp3) is 0.292. The van der Waals surface area contributed by atoms with Crippen molar-refractivity contribution in [2.75, 3.05) is 47.6 Å². The summed E-state index contributed by atoms with van der Waals surface area (Å²) in [5.41, 5.74) is 0.996. The molecule has 14 nitrogen and oxygen atoms in total. The molecule has 0 spiro atoms. The van der Waals surface area contributed by atoms with Gasteiger partial charge in [0, 0.05) is 38.9 Å². The van der Waals surface area contributed by atoms with Crippen molar-refractivity contribution in [3.8, 4) is 0 Å². The monoisotopic (exact) mass is 551 g/mol. The number of para-hydroxylation sites is 1. The Balaban J connectivity index is 1.37. The number of carbonyl (C=O) groups excluding carboxylic acids is 1. The first-order chi connectivity index (χ1) is 18.8. The number of hydrogen-bond acceptors (Lipinski definition) is 11.